The Labute approximate surface area is 287 Å². The van der Waals surface area contributed by atoms with Crippen LogP contribution in [0.4, 0.5) is 0 Å². The third kappa shape index (κ3) is 11.3. The number of aromatic nitrogens is 3. The summed E-state index contributed by atoms with van der Waals surface area (Å²) in [6.07, 6.45) is 14.6. The molecule has 0 aliphatic rings. The molecule has 4 aromatic rings. The molecular weight excluding hydrogens is 598 g/mol. The number of nitrogens with zero attached hydrogens (tertiary/aromatic N) is 3. The average molecular weight is 652 g/mol. The zero-order chi connectivity index (χ0) is 34.3. The molecule has 2 N–H and O–H groups in total. The highest BCUT2D eigenvalue weighted by Gasteiger charge is 2.18. The van der Waals surface area contributed by atoms with Crippen LogP contribution in [0.1, 0.15) is 87.0 Å². The minimum atomic E-state index is -0.770. The molecule has 4 rings (SSSR count). The van der Waals surface area contributed by atoms with Gasteiger partial charge in [0.25, 0.3) is 0 Å². The van der Waals surface area contributed by atoms with E-state index in [-0.39, 0.29) is 19.0 Å². The van der Waals surface area contributed by atoms with E-state index in [0.717, 1.165) is 52.6 Å². The number of hydrogen-bond donors (Lipinski definition) is 2. The van der Waals surface area contributed by atoms with E-state index in [1.165, 1.54) is 44.6 Å². The number of allylic oxidation sites excluding steroid dienone is 2. The first kappa shape index (κ1) is 36.8. The minimum Gasteiger partial charge on any atom is -0.507 e. The van der Waals surface area contributed by atoms with Crippen LogP contribution in [0.15, 0.2) is 66.7 Å². The number of aliphatic hydroxyl groups excluding tert-OH is 1. The predicted octanol–water partition coefficient (Wildman–Crippen LogP) is 9.66. The molecule has 0 aliphatic carbocycles. The van der Waals surface area contributed by atoms with Crippen molar-refractivity contribution in [3.05, 3.63) is 89.0 Å². The summed E-state index contributed by atoms with van der Waals surface area (Å²) in [4.78, 5) is 14.5. The lowest BCUT2D eigenvalue weighted by molar-refractivity contribution is 0.0109. The summed E-state index contributed by atoms with van der Waals surface area (Å²) in [7, 11) is 0. The fourth-order valence-electron chi connectivity index (χ4n) is 5.68. The van der Waals surface area contributed by atoms with E-state index >= 15 is 0 Å². The molecule has 7 heteroatoms. The Hall–Kier alpha value is -4.07. The molecule has 7 nitrogen and oxygen atoms in total. The van der Waals surface area contributed by atoms with E-state index in [9.17, 15) is 10.2 Å². The van der Waals surface area contributed by atoms with Crippen molar-refractivity contribution in [2.75, 3.05) is 19.8 Å². The van der Waals surface area contributed by atoms with Crippen molar-refractivity contribution in [1.82, 2.24) is 15.0 Å². The molecule has 0 radical (unpaired) electrons. The van der Waals surface area contributed by atoms with Gasteiger partial charge in [-0.1, -0.05) is 92.3 Å². The van der Waals surface area contributed by atoms with Crippen LogP contribution in [-0.4, -0.2) is 51.1 Å². The second-order valence-electron chi connectivity index (χ2n) is 12.8. The first-order valence-corrected chi connectivity index (χ1v) is 17.5. The van der Waals surface area contributed by atoms with Gasteiger partial charge in [-0.2, -0.15) is 0 Å². The quantitative estimate of drug-likeness (QED) is 0.0770. The Kier molecular flexibility index (Phi) is 14.6. The van der Waals surface area contributed by atoms with Crippen molar-refractivity contribution in [3.8, 4) is 45.7 Å². The fraction of sp³-hybridized carbons (Fsp3) is 0.439. The molecule has 0 fully saturated rings. The molecule has 1 unspecified atom stereocenters. The van der Waals surface area contributed by atoms with E-state index in [4.69, 9.17) is 24.4 Å². The lowest BCUT2D eigenvalue weighted by Crippen LogP contribution is -2.23. The van der Waals surface area contributed by atoms with Gasteiger partial charge in [-0.05, 0) is 83.1 Å². The number of ether oxygens (including phenoxy) is 2. The molecule has 1 aromatic heterocycles. The molecule has 256 valence electrons. The van der Waals surface area contributed by atoms with Crippen LogP contribution in [-0.2, 0) is 4.74 Å². The SMILES string of the molecule is CCCCC/C=C\CCCCCCOCC(O)COc1ccc(-c2nc(-c3ccc(C)cc3C)nc(-c3ccc(C)cc3C)n2)c(O)c1. The van der Waals surface area contributed by atoms with Crippen LogP contribution < -0.4 is 4.74 Å². The highest BCUT2D eigenvalue weighted by Crippen LogP contribution is 2.34. The maximum atomic E-state index is 11.1. The zero-order valence-electron chi connectivity index (χ0n) is 29.5. The van der Waals surface area contributed by atoms with Crippen molar-refractivity contribution in [3.63, 3.8) is 0 Å². The van der Waals surface area contributed by atoms with E-state index in [1.54, 1.807) is 12.1 Å². The maximum absolute atomic E-state index is 11.1. The molecule has 1 heterocycles. The predicted molar refractivity (Wildman–Crippen MR) is 195 cm³/mol. The van der Waals surface area contributed by atoms with Gasteiger partial charge in [-0.15, -0.1) is 0 Å². The first-order valence-electron chi connectivity index (χ1n) is 17.5. The monoisotopic (exact) mass is 651 g/mol. The number of rotatable bonds is 19. The number of unbranched alkanes of at least 4 members (excludes halogenated alkanes) is 7. The summed E-state index contributed by atoms with van der Waals surface area (Å²) in [5.74, 6) is 1.87. The van der Waals surface area contributed by atoms with Gasteiger partial charge in [0.2, 0.25) is 0 Å². The van der Waals surface area contributed by atoms with E-state index in [2.05, 4.69) is 45.1 Å². The smallest absolute Gasteiger partial charge is 0.167 e. The second kappa shape index (κ2) is 19.1. The topological polar surface area (TPSA) is 97.6 Å². The summed E-state index contributed by atoms with van der Waals surface area (Å²) in [5.41, 5.74) is 6.73. The Morgan fingerprint density at radius 1 is 0.646 bits per heavy atom. The maximum Gasteiger partial charge on any atom is 0.167 e. The van der Waals surface area contributed by atoms with Gasteiger partial charge in [0.15, 0.2) is 17.5 Å². The lowest BCUT2D eigenvalue weighted by atomic mass is 10.0. The van der Waals surface area contributed by atoms with Crippen LogP contribution in [0.3, 0.4) is 0 Å². The lowest BCUT2D eigenvalue weighted by Gasteiger charge is -2.14. The molecule has 0 bridgehead atoms. The van der Waals surface area contributed by atoms with Gasteiger partial charge in [0.05, 0.1) is 12.2 Å². The largest absolute Gasteiger partial charge is 0.507 e. The van der Waals surface area contributed by atoms with E-state index in [1.807, 2.05) is 38.1 Å². The fourth-order valence-corrected chi connectivity index (χ4v) is 5.68. The van der Waals surface area contributed by atoms with Crippen LogP contribution in [0.25, 0.3) is 34.2 Å². The highest BCUT2D eigenvalue weighted by molar-refractivity contribution is 5.72. The normalized spacial score (nSPS) is 12.1. The number of hydrogen-bond acceptors (Lipinski definition) is 7. The number of aromatic hydroxyl groups is 1. The molecule has 0 aliphatic heterocycles. The summed E-state index contributed by atoms with van der Waals surface area (Å²) in [5, 5.41) is 21.5. The van der Waals surface area contributed by atoms with Gasteiger partial charge < -0.3 is 19.7 Å². The molecule has 1 atom stereocenters. The van der Waals surface area contributed by atoms with Crippen LogP contribution in [0.5, 0.6) is 11.5 Å². The van der Waals surface area contributed by atoms with Gasteiger partial charge in [0, 0.05) is 23.8 Å². The molecular formula is C41H53N3O4. The molecule has 3 aromatic carbocycles. The third-order valence-electron chi connectivity index (χ3n) is 8.39. The van der Waals surface area contributed by atoms with E-state index < -0.39 is 6.10 Å². The molecule has 0 amide bonds. The van der Waals surface area contributed by atoms with Crippen molar-refractivity contribution in [1.29, 1.82) is 0 Å². The molecule has 48 heavy (non-hydrogen) atoms. The van der Waals surface area contributed by atoms with Crippen molar-refractivity contribution >= 4 is 0 Å². The average Bonchev–Trinajstić information content (AvgIpc) is 3.05. The van der Waals surface area contributed by atoms with Crippen molar-refractivity contribution < 1.29 is 19.7 Å². The van der Waals surface area contributed by atoms with Crippen LogP contribution >= 0.6 is 0 Å². The molecule has 0 saturated heterocycles. The van der Waals surface area contributed by atoms with Crippen molar-refractivity contribution in [2.45, 2.75) is 98.5 Å². The van der Waals surface area contributed by atoms with E-state index in [0.29, 0.717) is 35.4 Å². The summed E-state index contributed by atoms with van der Waals surface area (Å²) in [6, 6.07) is 17.4. The standard InChI is InChI=1S/C41H53N3O4/c1-6-7-8-9-10-11-12-13-14-15-16-23-47-27-33(45)28-48-34-19-22-37(38(46)26-34)41-43-39(35-20-17-29(2)24-31(35)4)42-40(44-41)36-21-18-30(3)25-32(36)5/h10-11,17-22,24-26,33,45-46H,6-9,12-16,23,27-28H2,1-5H3/b11-10-. The van der Waals surface area contributed by atoms with Crippen LogP contribution in [0.2, 0.25) is 0 Å². The van der Waals surface area contributed by atoms with Gasteiger partial charge >= 0.3 is 0 Å². The van der Waals surface area contributed by atoms with Crippen LogP contribution in [0, 0.1) is 27.7 Å². The zero-order valence-corrected chi connectivity index (χ0v) is 29.5. The Bertz CT molecular complexity index is 1560. The number of benzene rings is 3. The molecule has 0 spiro atoms. The van der Waals surface area contributed by atoms with Crippen molar-refractivity contribution in [2.24, 2.45) is 0 Å². The number of aryl methyl sites for hydroxylation is 4. The molecule has 0 saturated carbocycles. The van der Waals surface area contributed by atoms with Gasteiger partial charge in [-0.25, -0.2) is 15.0 Å². The summed E-state index contributed by atoms with van der Waals surface area (Å²) >= 11 is 0. The highest BCUT2D eigenvalue weighted by atomic mass is 16.5. The Balaban J connectivity index is 1.33. The first-order chi connectivity index (χ1) is 23.2. The Morgan fingerprint density at radius 3 is 1.75 bits per heavy atom. The van der Waals surface area contributed by atoms with Gasteiger partial charge in [-0.3, -0.25) is 0 Å². The minimum absolute atomic E-state index is 0.0189. The number of phenolic OH excluding ortho intramolecular Hbond substituents is 1. The van der Waals surface area contributed by atoms with Gasteiger partial charge in [0.1, 0.15) is 24.2 Å². The summed E-state index contributed by atoms with van der Waals surface area (Å²) < 4.78 is 11.5. The Morgan fingerprint density at radius 2 is 1.19 bits per heavy atom. The second-order valence-corrected chi connectivity index (χ2v) is 12.8. The third-order valence-corrected chi connectivity index (χ3v) is 8.39. The number of phenols is 1. The number of aliphatic hydroxyl groups is 1. The summed E-state index contributed by atoms with van der Waals surface area (Å²) in [6.45, 7) is 11.3.